The van der Waals surface area contributed by atoms with Crippen LogP contribution in [0.15, 0.2) is 54.9 Å². The van der Waals surface area contributed by atoms with Crippen molar-refractivity contribution in [3.8, 4) is 5.75 Å². The number of hydrogen-bond acceptors (Lipinski definition) is 6. The number of nitrogen functional groups attached to an aromatic ring is 1. The van der Waals surface area contributed by atoms with Gasteiger partial charge < -0.3 is 21.1 Å². The topological polar surface area (TPSA) is 85.1 Å². The van der Waals surface area contributed by atoms with E-state index in [2.05, 4.69) is 27.5 Å². The zero-order valence-corrected chi connectivity index (χ0v) is 15.8. The van der Waals surface area contributed by atoms with E-state index in [1.165, 1.54) is 6.33 Å². The predicted octanol–water partition coefficient (Wildman–Crippen LogP) is 5.38. The Balaban J connectivity index is 1.70. The van der Waals surface area contributed by atoms with E-state index in [1.54, 1.807) is 12.1 Å². The van der Waals surface area contributed by atoms with Crippen molar-refractivity contribution < 1.29 is 4.74 Å². The number of ether oxygens (including phenoxy) is 1. The molecular weight excluding hydrogens is 362 g/mol. The Labute approximate surface area is 163 Å². The number of hydrogen-bond donors (Lipinski definition) is 3. The van der Waals surface area contributed by atoms with Crippen LogP contribution >= 0.6 is 11.6 Å². The molecule has 0 fully saturated rings. The minimum absolute atomic E-state index is 0.417. The molecule has 3 rings (SSSR count). The van der Waals surface area contributed by atoms with Crippen LogP contribution in [0.1, 0.15) is 19.8 Å². The van der Waals surface area contributed by atoms with Crippen molar-refractivity contribution in [3.05, 3.63) is 59.9 Å². The monoisotopic (exact) mass is 383 g/mol. The predicted molar refractivity (Wildman–Crippen MR) is 111 cm³/mol. The lowest BCUT2D eigenvalue weighted by Crippen LogP contribution is -2.05. The molecule has 2 aromatic carbocycles. The molecule has 4 N–H and O–H groups in total. The van der Waals surface area contributed by atoms with Gasteiger partial charge in [0.2, 0.25) is 0 Å². The highest BCUT2D eigenvalue weighted by Gasteiger charge is 2.09. The average Bonchev–Trinajstić information content (AvgIpc) is 2.67. The molecule has 1 aromatic heterocycles. The van der Waals surface area contributed by atoms with E-state index in [0.717, 1.165) is 36.6 Å². The summed E-state index contributed by atoms with van der Waals surface area (Å²) in [5.41, 5.74) is 8.29. The van der Waals surface area contributed by atoms with E-state index in [0.29, 0.717) is 22.3 Å². The van der Waals surface area contributed by atoms with Crippen molar-refractivity contribution >= 4 is 40.3 Å². The molecule has 0 unspecified atom stereocenters. The summed E-state index contributed by atoms with van der Waals surface area (Å²) in [4.78, 5) is 8.44. The molecule has 1 heterocycles. The van der Waals surface area contributed by atoms with Crippen LogP contribution in [0.2, 0.25) is 5.02 Å². The quantitative estimate of drug-likeness (QED) is 0.453. The Morgan fingerprint density at radius 2 is 1.70 bits per heavy atom. The van der Waals surface area contributed by atoms with Gasteiger partial charge in [-0.2, -0.15) is 0 Å². The van der Waals surface area contributed by atoms with Crippen molar-refractivity contribution in [1.29, 1.82) is 0 Å². The van der Waals surface area contributed by atoms with Crippen LogP contribution in [0.25, 0.3) is 0 Å². The van der Waals surface area contributed by atoms with Crippen LogP contribution in [-0.4, -0.2) is 16.6 Å². The molecular formula is C20H22ClN5O. The van der Waals surface area contributed by atoms with Crippen LogP contribution in [0.4, 0.5) is 28.7 Å². The molecule has 0 radical (unpaired) electrons. The normalized spacial score (nSPS) is 10.4. The van der Waals surface area contributed by atoms with Gasteiger partial charge in [0.15, 0.2) is 11.6 Å². The van der Waals surface area contributed by atoms with Crippen molar-refractivity contribution in [2.24, 2.45) is 0 Å². The number of unbranched alkanes of at least 4 members (excludes halogenated alkanes) is 1. The largest absolute Gasteiger partial charge is 0.494 e. The van der Waals surface area contributed by atoms with Crippen molar-refractivity contribution in [1.82, 2.24) is 9.97 Å². The average molecular weight is 384 g/mol. The molecule has 0 aliphatic carbocycles. The first-order chi connectivity index (χ1) is 13.2. The summed E-state index contributed by atoms with van der Waals surface area (Å²) in [6.45, 7) is 2.86. The third kappa shape index (κ3) is 5.24. The first-order valence-electron chi connectivity index (χ1n) is 8.78. The molecule has 7 heteroatoms. The Kier molecular flexibility index (Phi) is 6.33. The van der Waals surface area contributed by atoms with Gasteiger partial charge in [-0.05, 0) is 48.9 Å². The fourth-order valence-corrected chi connectivity index (χ4v) is 2.59. The zero-order chi connectivity index (χ0) is 19.1. The van der Waals surface area contributed by atoms with Gasteiger partial charge in [-0.25, -0.2) is 9.97 Å². The SMILES string of the molecule is CCCCOc1ccc(Nc2ncnc(Nc3cccc(Cl)c3)c2N)cc1. The lowest BCUT2D eigenvalue weighted by molar-refractivity contribution is 0.309. The van der Waals surface area contributed by atoms with Crippen LogP contribution in [0, 0.1) is 0 Å². The molecule has 27 heavy (non-hydrogen) atoms. The smallest absolute Gasteiger partial charge is 0.159 e. The minimum Gasteiger partial charge on any atom is -0.494 e. The van der Waals surface area contributed by atoms with Gasteiger partial charge in [-0.3, -0.25) is 0 Å². The fraction of sp³-hybridized carbons (Fsp3) is 0.200. The molecule has 6 nitrogen and oxygen atoms in total. The highest BCUT2D eigenvalue weighted by atomic mass is 35.5. The summed E-state index contributed by atoms with van der Waals surface area (Å²) in [5.74, 6) is 1.87. The van der Waals surface area contributed by atoms with E-state index in [4.69, 9.17) is 22.1 Å². The maximum atomic E-state index is 6.22. The molecule has 0 saturated heterocycles. The Morgan fingerprint density at radius 1 is 1.00 bits per heavy atom. The van der Waals surface area contributed by atoms with E-state index >= 15 is 0 Å². The number of halogens is 1. The number of rotatable bonds is 8. The second-order valence-corrected chi connectivity index (χ2v) is 6.41. The summed E-state index contributed by atoms with van der Waals surface area (Å²) < 4.78 is 5.67. The van der Waals surface area contributed by atoms with Gasteiger partial charge in [-0.15, -0.1) is 0 Å². The molecule has 0 aliphatic heterocycles. The van der Waals surface area contributed by atoms with Crippen LogP contribution in [0.5, 0.6) is 5.75 Å². The van der Waals surface area contributed by atoms with Crippen molar-refractivity contribution in [2.45, 2.75) is 19.8 Å². The number of anilines is 5. The van der Waals surface area contributed by atoms with Gasteiger partial charge in [0, 0.05) is 16.4 Å². The maximum Gasteiger partial charge on any atom is 0.159 e. The molecule has 0 bridgehead atoms. The Morgan fingerprint density at radius 3 is 2.37 bits per heavy atom. The van der Waals surface area contributed by atoms with Crippen molar-refractivity contribution in [2.75, 3.05) is 23.0 Å². The molecule has 0 aliphatic rings. The summed E-state index contributed by atoms with van der Waals surface area (Å²) >= 11 is 6.02. The standard InChI is InChI=1S/C20H22ClN5O/c1-2-3-11-27-17-9-7-15(8-10-17)25-19-18(22)20(24-13-23-19)26-16-6-4-5-14(21)12-16/h4-10,12-13H,2-3,11,22H2,1H3,(H2,23,24,25,26). The second-order valence-electron chi connectivity index (χ2n) is 5.97. The third-order valence-corrected chi connectivity index (χ3v) is 4.09. The molecule has 140 valence electrons. The zero-order valence-electron chi connectivity index (χ0n) is 15.1. The molecule has 0 spiro atoms. The van der Waals surface area contributed by atoms with Crippen LogP contribution in [0.3, 0.4) is 0 Å². The van der Waals surface area contributed by atoms with E-state index < -0.39 is 0 Å². The van der Waals surface area contributed by atoms with Gasteiger partial charge in [0.25, 0.3) is 0 Å². The number of aromatic nitrogens is 2. The molecule has 3 aromatic rings. The maximum absolute atomic E-state index is 6.22. The first kappa shape index (κ1) is 18.8. The highest BCUT2D eigenvalue weighted by Crippen LogP contribution is 2.29. The molecule has 0 amide bonds. The number of nitrogens with zero attached hydrogens (tertiary/aromatic N) is 2. The fourth-order valence-electron chi connectivity index (χ4n) is 2.40. The lowest BCUT2D eigenvalue weighted by atomic mass is 10.3. The van der Waals surface area contributed by atoms with E-state index in [-0.39, 0.29) is 0 Å². The van der Waals surface area contributed by atoms with Gasteiger partial charge in [0.05, 0.1) is 6.61 Å². The second kappa shape index (κ2) is 9.09. The van der Waals surface area contributed by atoms with Gasteiger partial charge in [0.1, 0.15) is 17.8 Å². The summed E-state index contributed by atoms with van der Waals surface area (Å²) in [7, 11) is 0. The molecule has 0 saturated carbocycles. The van der Waals surface area contributed by atoms with Crippen molar-refractivity contribution in [3.63, 3.8) is 0 Å². The summed E-state index contributed by atoms with van der Waals surface area (Å²) in [6.07, 6.45) is 3.60. The summed E-state index contributed by atoms with van der Waals surface area (Å²) in [5, 5.41) is 6.99. The minimum atomic E-state index is 0.417. The van der Waals surface area contributed by atoms with Gasteiger partial charge >= 0.3 is 0 Å². The number of nitrogens with two attached hydrogens (primary N) is 1. The van der Waals surface area contributed by atoms with E-state index in [9.17, 15) is 0 Å². The van der Waals surface area contributed by atoms with Crippen LogP contribution < -0.4 is 21.1 Å². The van der Waals surface area contributed by atoms with E-state index in [1.807, 2.05) is 36.4 Å². The summed E-state index contributed by atoms with van der Waals surface area (Å²) in [6, 6.07) is 15.0. The Hall–Kier alpha value is -2.99. The highest BCUT2D eigenvalue weighted by molar-refractivity contribution is 6.30. The number of nitrogens with one attached hydrogen (secondary N) is 2. The third-order valence-electron chi connectivity index (χ3n) is 3.85. The Bertz CT molecular complexity index is 886. The number of benzene rings is 2. The first-order valence-corrected chi connectivity index (χ1v) is 9.16. The van der Waals surface area contributed by atoms with Crippen LogP contribution in [-0.2, 0) is 0 Å². The van der Waals surface area contributed by atoms with Gasteiger partial charge in [-0.1, -0.05) is 31.0 Å². The lowest BCUT2D eigenvalue weighted by Gasteiger charge is -2.13. The molecule has 0 atom stereocenters.